The Morgan fingerprint density at radius 1 is 0.250 bits per heavy atom. The summed E-state index contributed by atoms with van der Waals surface area (Å²) in [5.74, 6) is -13.3. The van der Waals surface area contributed by atoms with E-state index in [1.54, 1.807) is 0 Å². The van der Waals surface area contributed by atoms with Crippen LogP contribution in [0.25, 0.3) is 0 Å². The molecule has 0 heterocycles. The fourth-order valence-corrected chi connectivity index (χ4v) is 9.23. The Balaban J connectivity index is 7.86. The number of nitrogens with zero attached hydrogens (tertiary/aromatic N) is 8. The number of nitrogens with two attached hydrogens (primary N) is 17. The summed E-state index contributed by atoms with van der Waals surface area (Å²) in [5, 5.41) is 23.1. The van der Waals surface area contributed by atoms with Crippen LogP contribution in [0.5, 0.6) is 0 Å². The maximum Gasteiger partial charge on any atom is 0.287 e. The summed E-state index contributed by atoms with van der Waals surface area (Å²) in [6, 6.07) is -13.4. The second-order valence-corrected chi connectivity index (χ2v) is 22.6. The molecule has 0 aromatic rings. The highest BCUT2D eigenvalue weighted by molar-refractivity contribution is 7.80. The maximum absolute atomic E-state index is 14.8. The lowest BCUT2D eigenvalue weighted by Gasteiger charge is -2.28. The topological polar surface area (TPSA) is 837 Å². The van der Waals surface area contributed by atoms with Gasteiger partial charge in [-0.05, 0) is 103 Å². The standard InChI is InChI=1S/C54H106N34O11S/c1-27(89)80-36(26-100)46(99)88-35(17-9-25-79-54(70)71)45(98)87-34(16-8-24-78-53(68)69)44(97)86-33(15-7-23-77-52(66)67)43(96)85-32(14-6-22-76-51(64)65)42(95)84-31(13-5-21-75-50(62)63)41(94)83-30(12-4-20-74-49(60)61)40(93)82-29(11-3-19-73-48(58)59)39(92)81-28(37(90)38(55)91)10-2-18-72-47(56)57/h28-36,100H,2-26H2,1H3,(H2,55,91)(H,80,89)(H,81,92)(H,82,93)(H,83,94)(H,84,95)(H,85,96)(H,86,97)(H,87,98)(H,88,99)(H4,56,57,72)(H4,58,59,73)(H4,60,61,74)(H4,62,63,75)(H4,64,65,76)(H4,66,67,77)(H4,68,69,78)(H4,70,71,79)/t28-,29-,30-,31-,32-,33-,34-,35-,36-/m1/s1. The molecule has 0 rings (SSSR count). The summed E-state index contributed by atoms with van der Waals surface area (Å²) in [5.41, 5.74) is 94.0. The number of rotatable bonds is 52. The zero-order valence-corrected chi connectivity index (χ0v) is 57.1. The van der Waals surface area contributed by atoms with Crippen LogP contribution in [0.4, 0.5) is 0 Å². The molecule has 0 radical (unpaired) electrons. The highest BCUT2D eigenvalue weighted by Gasteiger charge is 2.36. The molecule has 0 aliphatic rings. The molecule has 0 fully saturated rings. The van der Waals surface area contributed by atoms with Crippen LogP contribution in [0.15, 0.2) is 39.9 Å². The third kappa shape index (κ3) is 42.4. The quantitative estimate of drug-likeness (QED) is 0.00884. The van der Waals surface area contributed by atoms with E-state index in [-0.39, 0.29) is 209 Å². The summed E-state index contributed by atoms with van der Waals surface area (Å²) in [4.78, 5) is 184. The lowest BCUT2D eigenvalue weighted by Crippen LogP contribution is -2.60. The lowest BCUT2D eigenvalue weighted by molar-refractivity contribution is -0.139. The number of hydrogen-bond acceptors (Lipinski definition) is 20. The number of amides is 10. The SMILES string of the molecule is CC(=O)N[C@H](CS)C(=O)N[C@H](CCCN=C(N)N)C(=O)N[C@H](CCCN=C(N)N)C(=O)N[C@H](CCCN=C(N)N)C(=O)N[C@H](CCCN=C(N)N)C(=O)N[C@H](CCCN=C(N)N)C(=O)N[C@H](CCCN=C(N)N)C(=O)N[C@H](CCCN=C(N)N)C(=O)N[C@H](CCCN=C(N)N)C(=O)C(N)=O. The normalized spacial score (nSPS) is 13.3. The van der Waals surface area contributed by atoms with Crippen LogP contribution in [0.3, 0.4) is 0 Å². The summed E-state index contributed by atoms with van der Waals surface area (Å²) in [6.07, 6.45) is -1.26. The minimum Gasteiger partial charge on any atom is -0.370 e. The largest absolute Gasteiger partial charge is 0.370 e. The molecule has 0 bridgehead atoms. The van der Waals surface area contributed by atoms with Gasteiger partial charge in [0.2, 0.25) is 58.9 Å². The molecule has 0 aromatic heterocycles. The number of guanidine groups is 8. The van der Waals surface area contributed by atoms with Crippen LogP contribution in [0.2, 0.25) is 0 Å². The number of carbonyl (C=O) groups excluding carboxylic acids is 11. The van der Waals surface area contributed by atoms with Gasteiger partial charge in [-0.15, -0.1) is 0 Å². The van der Waals surface area contributed by atoms with Crippen molar-refractivity contribution in [1.82, 2.24) is 47.9 Å². The number of thiol groups is 1. The Morgan fingerprint density at radius 3 is 0.540 bits per heavy atom. The number of carbonyl (C=O) groups is 11. The second-order valence-electron chi connectivity index (χ2n) is 22.2. The first-order chi connectivity index (χ1) is 47.1. The molecule has 0 unspecified atom stereocenters. The van der Waals surface area contributed by atoms with Gasteiger partial charge in [0.15, 0.2) is 47.7 Å². The number of Topliss-reactive ketones (excluding diaryl/α,β-unsaturated/α-hetero) is 1. The molecule has 10 amide bonds. The molecule has 9 atom stereocenters. The molecule has 0 saturated heterocycles. The predicted octanol–water partition coefficient (Wildman–Crippen LogP) is -13.2. The minimum absolute atomic E-state index is 0.000220. The van der Waals surface area contributed by atoms with Crippen molar-refractivity contribution in [2.45, 2.75) is 164 Å². The van der Waals surface area contributed by atoms with Gasteiger partial charge in [-0.25, -0.2) is 0 Å². The highest BCUT2D eigenvalue weighted by Crippen LogP contribution is 2.12. The first-order valence-corrected chi connectivity index (χ1v) is 32.3. The molecular weight excluding hydrogens is 1330 g/mol. The van der Waals surface area contributed by atoms with Crippen LogP contribution in [0.1, 0.15) is 110 Å². The fraction of sp³-hybridized carbons (Fsp3) is 0.648. The van der Waals surface area contributed by atoms with Crippen molar-refractivity contribution in [3.05, 3.63) is 0 Å². The van der Waals surface area contributed by atoms with Crippen LogP contribution in [0, 0.1) is 0 Å². The summed E-state index contributed by atoms with van der Waals surface area (Å²) in [6.45, 7) is 0.760. The number of primary amides is 1. The minimum atomic E-state index is -1.59. The molecule has 0 aliphatic carbocycles. The Bertz CT molecular complexity index is 2910. The van der Waals surface area contributed by atoms with E-state index < -0.39 is 119 Å². The molecule has 0 spiro atoms. The first kappa shape index (κ1) is 88.9. The molecule has 100 heavy (non-hydrogen) atoms. The van der Waals surface area contributed by atoms with Crippen LogP contribution >= 0.6 is 12.6 Å². The van der Waals surface area contributed by atoms with E-state index in [1.165, 1.54) is 6.92 Å². The fourth-order valence-electron chi connectivity index (χ4n) is 8.97. The zero-order chi connectivity index (χ0) is 75.9. The Hall–Kier alpha value is -11.1. The van der Waals surface area contributed by atoms with E-state index in [9.17, 15) is 52.7 Å². The number of nitrogens with one attached hydrogen (secondary N) is 9. The highest BCUT2D eigenvalue weighted by atomic mass is 32.1. The van der Waals surface area contributed by atoms with Gasteiger partial charge in [-0.1, -0.05) is 0 Å². The molecule has 564 valence electrons. The van der Waals surface area contributed by atoms with E-state index in [1.807, 2.05) is 0 Å². The second kappa shape index (κ2) is 50.3. The van der Waals surface area contributed by atoms with Gasteiger partial charge in [0.25, 0.3) is 5.91 Å². The van der Waals surface area contributed by atoms with Gasteiger partial charge >= 0.3 is 0 Å². The summed E-state index contributed by atoms with van der Waals surface area (Å²) in [7, 11) is 0. The number of aliphatic imine (C=N–C) groups is 8. The van der Waals surface area contributed by atoms with Crippen LogP contribution in [-0.2, 0) is 52.7 Å². The molecule has 46 heteroatoms. The van der Waals surface area contributed by atoms with E-state index in [2.05, 4.69) is 100 Å². The molecule has 0 aromatic carbocycles. The van der Waals surface area contributed by atoms with Crippen molar-refractivity contribution in [1.29, 1.82) is 0 Å². The van der Waals surface area contributed by atoms with Gasteiger partial charge in [0.1, 0.15) is 48.3 Å². The van der Waals surface area contributed by atoms with Crippen molar-refractivity contribution in [2.75, 3.05) is 58.1 Å². The maximum atomic E-state index is 14.8. The van der Waals surface area contributed by atoms with Gasteiger partial charge in [-0.2, -0.15) is 12.6 Å². The number of hydrogen-bond donors (Lipinski definition) is 27. The Labute approximate surface area is 583 Å². The van der Waals surface area contributed by atoms with E-state index in [0.29, 0.717) is 0 Å². The molecular formula is C54H106N34O11S. The molecule has 43 N–H and O–H groups in total. The number of ketones is 1. The van der Waals surface area contributed by atoms with E-state index >= 15 is 0 Å². The van der Waals surface area contributed by atoms with Crippen molar-refractivity contribution < 1.29 is 52.7 Å². The summed E-state index contributed by atoms with van der Waals surface area (Å²) >= 11 is 4.16. The van der Waals surface area contributed by atoms with Crippen molar-refractivity contribution >= 4 is 125 Å². The van der Waals surface area contributed by atoms with Gasteiger partial charge in [0, 0.05) is 65.0 Å². The van der Waals surface area contributed by atoms with Crippen molar-refractivity contribution in [3.63, 3.8) is 0 Å². The lowest BCUT2D eigenvalue weighted by atomic mass is 10.0. The smallest absolute Gasteiger partial charge is 0.287 e. The zero-order valence-electron chi connectivity index (χ0n) is 56.2. The Kier molecular flexibility index (Phi) is 44.7. The van der Waals surface area contributed by atoms with E-state index in [4.69, 9.17) is 97.5 Å². The summed E-state index contributed by atoms with van der Waals surface area (Å²) < 4.78 is 0. The van der Waals surface area contributed by atoms with Crippen molar-refractivity contribution in [2.24, 2.45) is 137 Å². The molecule has 0 saturated carbocycles. The average Bonchev–Trinajstić information content (AvgIpc) is 0.863. The van der Waals surface area contributed by atoms with Gasteiger partial charge < -0.3 is 145 Å². The third-order valence-corrected chi connectivity index (χ3v) is 14.1. The predicted molar refractivity (Wildman–Crippen MR) is 380 cm³/mol. The average molecular weight is 1440 g/mol. The molecule has 0 aliphatic heterocycles. The van der Waals surface area contributed by atoms with Gasteiger partial charge in [0.05, 0.1) is 6.04 Å². The Morgan fingerprint density at radius 2 is 0.400 bits per heavy atom. The van der Waals surface area contributed by atoms with Crippen molar-refractivity contribution in [3.8, 4) is 0 Å². The monoisotopic (exact) mass is 1440 g/mol. The third-order valence-electron chi connectivity index (χ3n) is 13.7. The van der Waals surface area contributed by atoms with Gasteiger partial charge in [-0.3, -0.25) is 92.7 Å². The van der Waals surface area contributed by atoms with Crippen LogP contribution in [-0.4, -0.2) is 225 Å². The first-order valence-electron chi connectivity index (χ1n) is 31.7. The van der Waals surface area contributed by atoms with Crippen LogP contribution < -0.4 is 145 Å². The molecule has 45 nitrogen and oxygen atoms in total. The van der Waals surface area contributed by atoms with E-state index in [0.717, 1.165) is 0 Å².